The number of nitrogens with zero attached hydrogens (tertiary/aromatic N) is 6. The Labute approximate surface area is 145 Å². The molecular weight excluding hydrogens is 314 g/mol. The number of aromatic amines is 1. The van der Waals surface area contributed by atoms with Crippen molar-refractivity contribution in [1.82, 2.24) is 34.7 Å². The molecule has 0 bridgehead atoms. The molecule has 1 aromatic carbocycles. The fourth-order valence-electron chi connectivity index (χ4n) is 2.75. The molecule has 0 radical (unpaired) electrons. The normalized spacial score (nSPS) is 12.8. The van der Waals surface area contributed by atoms with Gasteiger partial charge in [0.05, 0.1) is 17.9 Å². The Morgan fingerprint density at radius 3 is 2.84 bits per heavy atom. The Bertz CT molecular complexity index is 940. The lowest BCUT2D eigenvalue weighted by Crippen LogP contribution is -2.23. The van der Waals surface area contributed by atoms with Crippen molar-refractivity contribution in [3.63, 3.8) is 0 Å². The van der Waals surface area contributed by atoms with Crippen LogP contribution in [0.4, 0.5) is 0 Å². The molecule has 0 saturated heterocycles. The minimum Gasteiger partial charge on any atom is -0.291 e. The van der Waals surface area contributed by atoms with E-state index in [0.29, 0.717) is 12.3 Å². The number of benzene rings is 1. The summed E-state index contributed by atoms with van der Waals surface area (Å²) in [6.07, 6.45) is 3.57. The summed E-state index contributed by atoms with van der Waals surface area (Å²) < 4.78 is 1.69. The summed E-state index contributed by atoms with van der Waals surface area (Å²) in [6.45, 7) is 2.76. The van der Waals surface area contributed by atoms with Crippen molar-refractivity contribution in [1.29, 1.82) is 0 Å². The molecule has 3 aromatic heterocycles. The fourth-order valence-corrected chi connectivity index (χ4v) is 2.75. The van der Waals surface area contributed by atoms with Crippen molar-refractivity contribution >= 4 is 5.78 Å². The first kappa shape index (κ1) is 15.5. The first-order valence-corrected chi connectivity index (χ1v) is 8.18. The predicted molar refractivity (Wildman–Crippen MR) is 94.7 cm³/mol. The fraction of sp³-hybridized carbons (Fsp3) is 0.222. The molecule has 0 aliphatic rings. The summed E-state index contributed by atoms with van der Waals surface area (Å²) in [4.78, 5) is 10.8. The van der Waals surface area contributed by atoms with E-state index in [9.17, 15) is 0 Å². The first-order valence-electron chi connectivity index (χ1n) is 8.18. The minimum absolute atomic E-state index is 0.157. The van der Waals surface area contributed by atoms with Gasteiger partial charge in [-0.25, -0.2) is 9.50 Å². The molecular formula is C18H19N7. The van der Waals surface area contributed by atoms with Gasteiger partial charge in [0.25, 0.3) is 5.78 Å². The molecule has 7 heteroatoms. The second kappa shape index (κ2) is 6.45. The summed E-state index contributed by atoms with van der Waals surface area (Å²) in [6, 6.07) is 14.2. The van der Waals surface area contributed by atoms with E-state index in [1.165, 1.54) is 0 Å². The van der Waals surface area contributed by atoms with Gasteiger partial charge in [-0.1, -0.05) is 30.3 Å². The van der Waals surface area contributed by atoms with Gasteiger partial charge in [0.1, 0.15) is 0 Å². The molecule has 0 aliphatic carbocycles. The third-order valence-corrected chi connectivity index (χ3v) is 4.33. The van der Waals surface area contributed by atoms with Crippen LogP contribution in [0.1, 0.15) is 24.5 Å². The highest BCUT2D eigenvalue weighted by Gasteiger charge is 2.17. The van der Waals surface area contributed by atoms with Crippen LogP contribution in [0.25, 0.3) is 17.0 Å². The number of hydrogen-bond acceptors (Lipinski definition) is 5. The first-order chi connectivity index (χ1) is 12.2. The largest absolute Gasteiger partial charge is 0.291 e. The zero-order chi connectivity index (χ0) is 17.2. The Morgan fingerprint density at radius 2 is 2.04 bits per heavy atom. The Morgan fingerprint density at radius 1 is 1.20 bits per heavy atom. The average Bonchev–Trinajstić information content (AvgIpc) is 3.28. The molecule has 0 spiro atoms. The van der Waals surface area contributed by atoms with Crippen LogP contribution in [0.2, 0.25) is 0 Å². The van der Waals surface area contributed by atoms with Crippen molar-refractivity contribution in [3.8, 4) is 11.3 Å². The molecule has 4 aromatic rings. The number of aromatic nitrogens is 6. The standard InChI is InChI=1S/C18H19N7/c1-13(15-11-16(22-21-15)14-7-4-3-5-8-14)24(2)12-17-20-18-19-9-6-10-25(18)23-17/h3-11,13H,12H2,1-2H3,(H,21,22). The van der Waals surface area contributed by atoms with Gasteiger partial charge in [0.15, 0.2) is 5.82 Å². The van der Waals surface area contributed by atoms with Crippen LogP contribution in [0, 0.1) is 0 Å². The van der Waals surface area contributed by atoms with Crippen molar-refractivity contribution in [2.24, 2.45) is 0 Å². The van der Waals surface area contributed by atoms with Crippen LogP contribution in [0.3, 0.4) is 0 Å². The number of hydrogen-bond donors (Lipinski definition) is 1. The third kappa shape index (κ3) is 3.14. The van der Waals surface area contributed by atoms with E-state index >= 15 is 0 Å². The Balaban J connectivity index is 1.50. The van der Waals surface area contributed by atoms with E-state index < -0.39 is 0 Å². The lowest BCUT2D eigenvalue weighted by Gasteiger charge is -2.21. The maximum atomic E-state index is 4.46. The number of fused-ring (bicyclic) bond motifs is 1. The molecule has 1 unspecified atom stereocenters. The lowest BCUT2D eigenvalue weighted by molar-refractivity contribution is 0.242. The van der Waals surface area contributed by atoms with Gasteiger partial charge in [-0.3, -0.25) is 10.00 Å². The Kier molecular flexibility index (Phi) is 3.99. The van der Waals surface area contributed by atoms with Gasteiger partial charge in [-0.15, -0.1) is 5.10 Å². The molecule has 1 N–H and O–H groups in total. The van der Waals surface area contributed by atoms with Crippen LogP contribution < -0.4 is 0 Å². The minimum atomic E-state index is 0.157. The molecule has 3 heterocycles. The van der Waals surface area contributed by atoms with E-state index in [1.54, 1.807) is 10.7 Å². The van der Waals surface area contributed by atoms with Crippen LogP contribution in [-0.2, 0) is 6.54 Å². The second-order valence-electron chi connectivity index (χ2n) is 6.06. The summed E-state index contributed by atoms with van der Waals surface area (Å²) in [7, 11) is 2.05. The molecule has 0 fully saturated rings. The van der Waals surface area contributed by atoms with Gasteiger partial charge in [0.2, 0.25) is 0 Å². The summed E-state index contributed by atoms with van der Waals surface area (Å²) in [5.74, 6) is 1.36. The van der Waals surface area contributed by atoms with E-state index in [0.717, 1.165) is 22.8 Å². The van der Waals surface area contributed by atoms with Crippen molar-refractivity contribution in [3.05, 3.63) is 66.4 Å². The molecule has 1 atom stereocenters. The summed E-state index contributed by atoms with van der Waals surface area (Å²) in [5.41, 5.74) is 3.11. The summed E-state index contributed by atoms with van der Waals surface area (Å²) >= 11 is 0. The lowest BCUT2D eigenvalue weighted by atomic mass is 10.1. The van der Waals surface area contributed by atoms with Crippen LogP contribution in [0.5, 0.6) is 0 Å². The second-order valence-corrected chi connectivity index (χ2v) is 6.06. The van der Waals surface area contributed by atoms with Gasteiger partial charge < -0.3 is 0 Å². The van der Waals surface area contributed by atoms with Gasteiger partial charge >= 0.3 is 0 Å². The number of nitrogens with one attached hydrogen (secondary N) is 1. The number of H-pyrrole nitrogens is 1. The van der Waals surface area contributed by atoms with E-state index in [-0.39, 0.29) is 6.04 Å². The molecule has 0 amide bonds. The third-order valence-electron chi connectivity index (χ3n) is 4.33. The van der Waals surface area contributed by atoms with Gasteiger partial charge in [0, 0.05) is 24.0 Å². The maximum Gasteiger partial charge on any atom is 0.252 e. The maximum absolute atomic E-state index is 4.46. The van der Waals surface area contributed by atoms with Crippen LogP contribution in [-0.4, -0.2) is 41.7 Å². The van der Waals surface area contributed by atoms with E-state index in [1.807, 2.05) is 37.5 Å². The average molecular weight is 333 g/mol. The smallest absolute Gasteiger partial charge is 0.252 e. The van der Waals surface area contributed by atoms with E-state index in [4.69, 9.17) is 0 Å². The topological polar surface area (TPSA) is 75.0 Å². The molecule has 0 aliphatic heterocycles. The highest BCUT2D eigenvalue weighted by atomic mass is 15.3. The van der Waals surface area contributed by atoms with Crippen molar-refractivity contribution in [2.75, 3.05) is 7.05 Å². The SMILES string of the molecule is CC(c1cc(-c2ccccc2)n[nH]1)N(C)Cc1nc2ncccn2n1. The van der Waals surface area contributed by atoms with Gasteiger partial charge in [-0.2, -0.15) is 10.1 Å². The Hall–Kier alpha value is -3.06. The molecule has 0 saturated carbocycles. The van der Waals surface area contributed by atoms with E-state index in [2.05, 4.69) is 55.3 Å². The van der Waals surface area contributed by atoms with Crippen LogP contribution >= 0.6 is 0 Å². The van der Waals surface area contributed by atoms with Crippen LogP contribution in [0.15, 0.2) is 54.9 Å². The van der Waals surface area contributed by atoms with Gasteiger partial charge in [-0.05, 0) is 26.1 Å². The van der Waals surface area contributed by atoms with Crippen molar-refractivity contribution in [2.45, 2.75) is 19.5 Å². The molecule has 126 valence electrons. The molecule has 4 rings (SSSR count). The quantitative estimate of drug-likeness (QED) is 0.608. The molecule has 7 nitrogen and oxygen atoms in total. The zero-order valence-corrected chi connectivity index (χ0v) is 14.2. The highest BCUT2D eigenvalue weighted by molar-refractivity contribution is 5.59. The highest BCUT2D eigenvalue weighted by Crippen LogP contribution is 2.23. The van der Waals surface area contributed by atoms with Crippen molar-refractivity contribution < 1.29 is 0 Å². The number of rotatable bonds is 5. The summed E-state index contributed by atoms with van der Waals surface area (Å²) in [5, 5.41) is 12.0. The predicted octanol–water partition coefficient (Wildman–Crippen LogP) is 2.71. The monoisotopic (exact) mass is 333 g/mol. The molecule has 25 heavy (non-hydrogen) atoms. The zero-order valence-electron chi connectivity index (χ0n) is 14.2.